The van der Waals surface area contributed by atoms with Crippen molar-refractivity contribution in [1.82, 2.24) is 20.5 Å². The Morgan fingerprint density at radius 1 is 1.21 bits per heavy atom. The second kappa shape index (κ2) is 9.49. The highest BCUT2D eigenvalue weighted by Crippen LogP contribution is 2.21. The fraction of sp³-hybridized carbons (Fsp3) is 0.100. The molecule has 0 radical (unpaired) electrons. The fourth-order valence-corrected chi connectivity index (χ4v) is 3.22. The van der Waals surface area contributed by atoms with Gasteiger partial charge < -0.3 is 5.32 Å². The number of benzene rings is 2. The van der Waals surface area contributed by atoms with Gasteiger partial charge in [-0.2, -0.15) is 10.2 Å². The number of amides is 2. The Kier molecular flexibility index (Phi) is 6.79. The molecule has 1 aromatic heterocycles. The van der Waals surface area contributed by atoms with Gasteiger partial charge in [-0.3, -0.25) is 9.59 Å². The molecule has 29 heavy (non-hydrogen) atoms. The molecule has 2 amide bonds. The van der Waals surface area contributed by atoms with Crippen molar-refractivity contribution in [2.24, 2.45) is 5.10 Å². The lowest BCUT2D eigenvalue weighted by Crippen LogP contribution is -2.34. The van der Waals surface area contributed by atoms with Crippen molar-refractivity contribution in [3.63, 3.8) is 0 Å². The van der Waals surface area contributed by atoms with Gasteiger partial charge in [-0.15, -0.1) is 0 Å². The van der Waals surface area contributed by atoms with Crippen LogP contribution in [-0.4, -0.2) is 34.4 Å². The maximum Gasteiger partial charge on any atom is 0.259 e. The molecule has 0 aliphatic heterocycles. The molecule has 0 fully saturated rings. The number of nitrogens with zero attached hydrogens (tertiary/aromatic N) is 3. The van der Waals surface area contributed by atoms with Crippen molar-refractivity contribution in [3.8, 4) is 5.69 Å². The lowest BCUT2D eigenvalue weighted by Gasteiger charge is -2.04. The van der Waals surface area contributed by atoms with Crippen LogP contribution in [0.1, 0.15) is 21.6 Å². The van der Waals surface area contributed by atoms with Gasteiger partial charge in [-0.1, -0.05) is 51.8 Å². The summed E-state index contributed by atoms with van der Waals surface area (Å²) in [5, 5.41) is 11.2. The van der Waals surface area contributed by atoms with Crippen LogP contribution in [0.4, 0.5) is 0 Å². The zero-order valence-corrected chi connectivity index (χ0v) is 17.7. The molecule has 0 saturated heterocycles. The highest BCUT2D eigenvalue weighted by Gasteiger charge is 2.13. The van der Waals surface area contributed by atoms with Gasteiger partial charge in [0.2, 0.25) is 0 Å². The summed E-state index contributed by atoms with van der Waals surface area (Å²) in [6.45, 7) is 1.59. The average Bonchev–Trinajstić information content (AvgIpc) is 3.01. The summed E-state index contributed by atoms with van der Waals surface area (Å²) < 4.78 is 2.38. The van der Waals surface area contributed by atoms with E-state index in [1.165, 1.54) is 6.21 Å². The average molecular weight is 475 g/mol. The van der Waals surface area contributed by atoms with Crippen LogP contribution in [0.25, 0.3) is 5.69 Å². The Bertz CT molecular complexity index is 1070. The Hall–Kier alpha value is -2.97. The number of para-hydroxylation sites is 1. The summed E-state index contributed by atoms with van der Waals surface area (Å²) in [6.07, 6.45) is 1.43. The second-order valence-electron chi connectivity index (χ2n) is 6.02. The van der Waals surface area contributed by atoms with Crippen LogP contribution in [0.15, 0.2) is 64.2 Å². The van der Waals surface area contributed by atoms with Crippen molar-refractivity contribution < 1.29 is 9.59 Å². The smallest absolute Gasteiger partial charge is 0.259 e. The molecular formula is C20H17BrClN5O2. The van der Waals surface area contributed by atoms with Gasteiger partial charge in [0.15, 0.2) is 0 Å². The van der Waals surface area contributed by atoms with E-state index in [0.29, 0.717) is 22.0 Å². The summed E-state index contributed by atoms with van der Waals surface area (Å²) in [6, 6.07) is 16.3. The van der Waals surface area contributed by atoms with Crippen LogP contribution in [0, 0.1) is 6.92 Å². The Balaban J connectivity index is 1.58. The standard InChI is InChI=1S/C20H17BrClN5O2/c1-13-17(19(22)27(26-13)16-8-3-2-4-9-16)11-24-25-18(28)12-23-20(29)14-6-5-7-15(21)10-14/h2-11H,12H2,1H3,(H,23,29)(H,25,28)/b24-11-. The lowest BCUT2D eigenvalue weighted by atomic mass is 10.2. The van der Waals surface area contributed by atoms with Crippen LogP contribution < -0.4 is 10.7 Å². The second-order valence-corrected chi connectivity index (χ2v) is 7.30. The quantitative estimate of drug-likeness (QED) is 0.423. The van der Waals surface area contributed by atoms with Gasteiger partial charge >= 0.3 is 0 Å². The Morgan fingerprint density at radius 3 is 2.69 bits per heavy atom. The van der Waals surface area contributed by atoms with E-state index in [1.54, 1.807) is 29.8 Å². The van der Waals surface area contributed by atoms with Gasteiger partial charge in [0, 0.05) is 10.0 Å². The van der Waals surface area contributed by atoms with Crippen LogP contribution >= 0.6 is 27.5 Å². The number of aryl methyl sites for hydroxylation is 1. The van der Waals surface area contributed by atoms with Gasteiger partial charge in [-0.25, -0.2) is 10.1 Å². The van der Waals surface area contributed by atoms with Crippen molar-refractivity contribution in [1.29, 1.82) is 0 Å². The zero-order chi connectivity index (χ0) is 20.8. The van der Waals surface area contributed by atoms with Crippen molar-refractivity contribution in [2.75, 3.05) is 6.54 Å². The third-order valence-electron chi connectivity index (χ3n) is 3.93. The molecule has 0 spiro atoms. The molecule has 0 atom stereocenters. The molecule has 0 unspecified atom stereocenters. The number of hydrazone groups is 1. The van der Waals surface area contributed by atoms with E-state index in [4.69, 9.17) is 11.6 Å². The minimum absolute atomic E-state index is 0.210. The molecule has 2 N–H and O–H groups in total. The predicted molar refractivity (Wildman–Crippen MR) is 116 cm³/mol. The first-order valence-corrected chi connectivity index (χ1v) is 9.79. The van der Waals surface area contributed by atoms with E-state index in [-0.39, 0.29) is 12.5 Å². The van der Waals surface area contributed by atoms with Crippen molar-refractivity contribution in [2.45, 2.75) is 6.92 Å². The SMILES string of the molecule is Cc1nn(-c2ccccc2)c(Cl)c1/C=N\NC(=O)CNC(=O)c1cccc(Br)c1. The van der Waals surface area contributed by atoms with Crippen molar-refractivity contribution >= 4 is 45.6 Å². The van der Waals surface area contributed by atoms with Crippen LogP contribution in [-0.2, 0) is 4.79 Å². The summed E-state index contributed by atoms with van der Waals surface area (Å²) >= 11 is 9.70. The van der Waals surface area contributed by atoms with E-state index < -0.39 is 5.91 Å². The molecule has 3 rings (SSSR count). The molecule has 0 bridgehead atoms. The summed E-state index contributed by atoms with van der Waals surface area (Å²) in [7, 11) is 0. The van der Waals surface area contributed by atoms with Crippen LogP contribution in [0.2, 0.25) is 5.15 Å². The van der Waals surface area contributed by atoms with Crippen LogP contribution in [0.3, 0.4) is 0 Å². The molecule has 0 aliphatic carbocycles. The highest BCUT2D eigenvalue weighted by molar-refractivity contribution is 9.10. The minimum Gasteiger partial charge on any atom is -0.343 e. The molecule has 148 valence electrons. The fourth-order valence-electron chi connectivity index (χ4n) is 2.50. The molecule has 7 nitrogen and oxygen atoms in total. The first-order valence-electron chi connectivity index (χ1n) is 8.62. The minimum atomic E-state index is -0.464. The Labute approximate surface area is 180 Å². The predicted octanol–water partition coefficient (Wildman–Crippen LogP) is 3.48. The Morgan fingerprint density at radius 2 is 1.97 bits per heavy atom. The third-order valence-corrected chi connectivity index (χ3v) is 4.78. The first kappa shape index (κ1) is 20.8. The number of carbonyl (C=O) groups excluding carboxylic acids is 2. The van der Waals surface area contributed by atoms with E-state index in [9.17, 15) is 9.59 Å². The van der Waals surface area contributed by atoms with Gasteiger partial charge in [0.1, 0.15) is 5.15 Å². The molecule has 9 heteroatoms. The zero-order valence-electron chi connectivity index (χ0n) is 15.4. The largest absolute Gasteiger partial charge is 0.343 e. The number of aromatic nitrogens is 2. The van der Waals surface area contributed by atoms with E-state index in [1.807, 2.05) is 36.4 Å². The highest BCUT2D eigenvalue weighted by atomic mass is 79.9. The van der Waals surface area contributed by atoms with Crippen LogP contribution in [0.5, 0.6) is 0 Å². The molecule has 2 aromatic carbocycles. The topological polar surface area (TPSA) is 88.4 Å². The maximum atomic E-state index is 12.0. The summed E-state index contributed by atoms with van der Waals surface area (Å²) in [4.78, 5) is 24.0. The number of rotatable bonds is 6. The van der Waals surface area contributed by atoms with Crippen molar-refractivity contribution in [3.05, 3.63) is 81.0 Å². The molecule has 3 aromatic rings. The molecule has 1 heterocycles. The number of carbonyl (C=O) groups is 2. The van der Waals surface area contributed by atoms with E-state index >= 15 is 0 Å². The monoisotopic (exact) mass is 473 g/mol. The molecule has 0 aliphatic rings. The lowest BCUT2D eigenvalue weighted by molar-refractivity contribution is -0.120. The van der Waals surface area contributed by atoms with E-state index in [2.05, 4.69) is 36.9 Å². The van der Waals surface area contributed by atoms with Gasteiger partial charge in [0.25, 0.3) is 11.8 Å². The number of halogens is 2. The molecule has 0 saturated carbocycles. The van der Waals surface area contributed by atoms with Gasteiger partial charge in [-0.05, 0) is 37.3 Å². The normalized spacial score (nSPS) is 10.9. The van der Waals surface area contributed by atoms with Gasteiger partial charge in [0.05, 0.1) is 29.7 Å². The number of hydrogen-bond donors (Lipinski definition) is 2. The maximum absolute atomic E-state index is 12.0. The first-order chi connectivity index (χ1) is 14.0. The summed E-state index contributed by atoms with van der Waals surface area (Å²) in [5.41, 5.74) is 4.89. The molecular weight excluding hydrogens is 458 g/mol. The summed E-state index contributed by atoms with van der Waals surface area (Å²) in [5.74, 6) is -0.817. The van der Waals surface area contributed by atoms with E-state index in [0.717, 1.165) is 10.2 Å². The number of hydrogen-bond acceptors (Lipinski definition) is 4. The third kappa shape index (κ3) is 5.30. The number of nitrogens with one attached hydrogen (secondary N) is 2.